The predicted molar refractivity (Wildman–Crippen MR) is 82.4 cm³/mol. The standard InChI is InChI=1S/C13H16N6O2.ClH/c1-9-16-17-18-19(9)11-4-2-3-10(7-11)15-13(20)12-8-21-6-5-14-12;/h2-4,7,12,14H,5-6,8H2,1H3,(H,15,20);1H. The van der Waals surface area contributed by atoms with Gasteiger partial charge >= 0.3 is 0 Å². The van der Waals surface area contributed by atoms with Crippen LogP contribution < -0.4 is 10.6 Å². The van der Waals surface area contributed by atoms with E-state index < -0.39 is 0 Å². The van der Waals surface area contributed by atoms with Crippen molar-refractivity contribution in [2.24, 2.45) is 0 Å². The minimum atomic E-state index is -0.322. The number of halogens is 1. The molecule has 1 saturated heterocycles. The fraction of sp³-hybridized carbons (Fsp3) is 0.385. The van der Waals surface area contributed by atoms with Crippen molar-refractivity contribution < 1.29 is 9.53 Å². The molecular weight excluding hydrogens is 308 g/mol. The average molecular weight is 325 g/mol. The van der Waals surface area contributed by atoms with E-state index in [4.69, 9.17) is 4.74 Å². The maximum absolute atomic E-state index is 12.1. The van der Waals surface area contributed by atoms with Crippen LogP contribution in [0.25, 0.3) is 5.69 Å². The van der Waals surface area contributed by atoms with Crippen molar-refractivity contribution in [1.82, 2.24) is 25.5 Å². The van der Waals surface area contributed by atoms with E-state index in [0.717, 1.165) is 5.69 Å². The summed E-state index contributed by atoms with van der Waals surface area (Å²) in [5.74, 6) is 0.570. The third kappa shape index (κ3) is 3.59. The van der Waals surface area contributed by atoms with Gasteiger partial charge in [-0.15, -0.1) is 17.5 Å². The highest BCUT2D eigenvalue weighted by Gasteiger charge is 2.21. The summed E-state index contributed by atoms with van der Waals surface area (Å²) < 4.78 is 6.89. The Labute approximate surface area is 133 Å². The third-order valence-electron chi connectivity index (χ3n) is 3.22. The summed E-state index contributed by atoms with van der Waals surface area (Å²) in [6.07, 6.45) is 0. The number of rotatable bonds is 3. The minimum Gasteiger partial charge on any atom is -0.378 e. The number of hydrogen-bond donors (Lipinski definition) is 2. The van der Waals surface area contributed by atoms with Crippen LogP contribution in [-0.4, -0.2) is 51.9 Å². The van der Waals surface area contributed by atoms with Crippen molar-refractivity contribution >= 4 is 24.0 Å². The topological polar surface area (TPSA) is 94.0 Å². The number of carbonyl (C=O) groups excluding carboxylic acids is 1. The largest absolute Gasteiger partial charge is 0.378 e. The highest BCUT2D eigenvalue weighted by atomic mass is 35.5. The molecule has 2 N–H and O–H groups in total. The Morgan fingerprint density at radius 3 is 3.05 bits per heavy atom. The molecule has 9 heteroatoms. The number of morpholine rings is 1. The Morgan fingerprint density at radius 1 is 1.50 bits per heavy atom. The van der Waals surface area contributed by atoms with Gasteiger partial charge in [-0.3, -0.25) is 4.79 Å². The lowest BCUT2D eigenvalue weighted by Gasteiger charge is -2.22. The lowest BCUT2D eigenvalue weighted by atomic mass is 10.2. The van der Waals surface area contributed by atoms with Gasteiger partial charge in [-0.05, 0) is 35.5 Å². The fourth-order valence-corrected chi connectivity index (χ4v) is 2.15. The molecule has 118 valence electrons. The first-order valence-corrected chi connectivity index (χ1v) is 6.71. The SMILES string of the molecule is Cc1nnnn1-c1cccc(NC(=O)C2COCCN2)c1.Cl. The molecule has 1 amide bonds. The predicted octanol–water partition coefficient (Wildman–Crippen LogP) is 0.319. The second-order valence-electron chi connectivity index (χ2n) is 4.76. The Balaban J connectivity index is 0.00000176. The normalized spacial score (nSPS) is 17.6. The molecule has 1 aliphatic rings. The number of carbonyl (C=O) groups is 1. The maximum atomic E-state index is 12.1. The van der Waals surface area contributed by atoms with Crippen molar-refractivity contribution in [2.75, 3.05) is 25.1 Å². The second kappa shape index (κ2) is 7.30. The number of aromatic nitrogens is 4. The molecule has 0 spiro atoms. The van der Waals surface area contributed by atoms with Gasteiger partial charge in [0, 0.05) is 12.2 Å². The number of tetrazole rings is 1. The first-order valence-electron chi connectivity index (χ1n) is 6.71. The Morgan fingerprint density at radius 2 is 2.36 bits per heavy atom. The molecule has 2 heterocycles. The van der Waals surface area contributed by atoms with Gasteiger partial charge in [-0.25, -0.2) is 0 Å². The number of anilines is 1. The van der Waals surface area contributed by atoms with Gasteiger partial charge in [-0.1, -0.05) is 6.07 Å². The zero-order valence-electron chi connectivity index (χ0n) is 12.0. The van der Waals surface area contributed by atoms with Crippen molar-refractivity contribution in [2.45, 2.75) is 13.0 Å². The molecule has 0 saturated carbocycles. The molecule has 1 unspecified atom stereocenters. The number of hydrogen-bond acceptors (Lipinski definition) is 6. The molecule has 0 bridgehead atoms. The van der Waals surface area contributed by atoms with Gasteiger partial charge in [-0.2, -0.15) is 4.68 Å². The molecule has 1 aromatic carbocycles. The summed E-state index contributed by atoms with van der Waals surface area (Å²) in [6, 6.07) is 7.05. The van der Waals surface area contributed by atoms with Crippen LogP contribution >= 0.6 is 12.4 Å². The van der Waals surface area contributed by atoms with Gasteiger partial charge in [0.2, 0.25) is 5.91 Å². The third-order valence-corrected chi connectivity index (χ3v) is 3.22. The maximum Gasteiger partial charge on any atom is 0.243 e. The van der Waals surface area contributed by atoms with Gasteiger partial charge in [0.15, 0.2) is 5.82 Å². The summed E-state index contributed by atoms with van der Waals surface area (Å²) in [5.41, 5.74) is 1.49. The zero-order valence-corrected chi connectivity index (χ0v) is 12.8. The molecule has 3 rings (SSSR count). The number of nitrogens with zero attached hydrogens (tertiary/aromatic N) is 4. The van der Waals surface area contributed by atoms with Crippen LogP contribution in [0.5, 0.6) is 0 Å². The van der Waals surface area contributed by atoms with Crippen LogP contribution in [0.4, 0.5) is 5.69 Å². The number of amides is 1. The Bertz CT molecular complexity index is 641. The van der Waals surface area contributed by atoms with E-state index >= 15 is 0 Å². The smallest absolute Gasteiger partial charge is 0.243 e. The van der Waals surface area contributed by atoms with E-state index in [9.17, 15) is 4.79 Å². The average Bonchev–Trinajstić information content (AvgIpc) is 2.94. The van der Waals surface area contributed by atoms with Crippen LogP contribution in [0.15, 0.2) is 24.3 Å². The molecule has 0 aliphatic carbocycles. The summed E-state index contributed by atoms with van der Waals surface area (Å²) in [6.45, 7) is 3.52. The lowest BCUT2D eigenvalue weighted by molar-refractivity contribution is -0.120. The molecule has 1 fully saturated rings. The molecule has 1 aliphatic heterocycles. The van der Waals surface area contributed by atoms with E-state index in [1.165, 1.54) is 0 Å². The van der Waals surface area contributed by atoms with Gasteiger partial charge in [0.1, 0.15) is 6.04 Å². The van der Waals surface area contributed by atoms with Crippen LogP contribution in [0.2, 0.25) is 0 Å². The summed E-state index contributed by atoms with van der Waals surface area (Å²) in [4.78, 5) is 12.1. The summed E-state index contributed by atoms with van der Waals surface area (Å²) in [7, 11) is 0. The Hall–Kier alpha value is -2.03. The van der Waals surface area contributed by atoms with Gasteiger partial charge in [0.25, 0.3) is 0 Å². The number of ether oxygens (including phenoxy) is 1. The van der Waals surface area contributed by atoms with Crippen molar-refractivity contribution in [1.29, 1.82) is 0 Å². The molecule has 0 radical (unpaired) electrons. The summed E-state index contributed by atoms with van der Waals surface area (Å²) >= 11 is 0. The second-order valence-corrected chi connectivity index (χ2v) is 4.76. The van der Waals surface area contributed by atoms with Crippen LogP contribution in [0.3, 0.4) is 0 Å². The van der Waals surface area contributed by atoms with Crippen molar-refractivity contribution in [3.63, 3.8) is 0 Å². The number of benzene rings is 1. The monoisotopic (exact) mass is 324 g/mol. The van der Waals surface area contributed by atoms with E-state index in [0.29, 0.717) is 31.3 Å². The first kappa shape index (κ1) is 16.3. The zero-order chi connectivity index (χ0) is 14.7. The fourth-order valence-electron chi connectivity index (χ4n) is 2.15. The van der Waals surface area contributed by atoms with Crippen LogP contribution in [0, 0.1) is 6.92 Å². The number of aryl methyl sites for hydroxylation is 1. The van der Waals surface area contributed by atoms with Crippen molar-refractivity contribution in [3.8, 4) is 5.69 Å². The summed E-state index contributed by atoms with van der Waals surface area (Å²) in [5, 5.41) is 17.3. The van der Waals surface area contributed by atoms with Crippen LogP contribution in [0.1, 0.15) is 5.82 Å². The minimum absolute atomic E-state index is 0. The molecule has 1 aromatic heterocycles. The van der Waals surface area contributed by atoms with Gasteiger partial charge < -0.3 is 15.4 Å². The quantitative estimate of drug-likeness (QED) is 0.844. The molecule has 22 heavy (non-hydrogen) atoms. The Kier molecular flexibility index (Phi) is 5.42. The van der Waals surface area contributed by atoms with E-state index in [2.05, 4.69) is 26.2 Å². The molecule has 8 nitrogen and oxygen atoms in total. The number of nitrogens with one attached hydrogen (secondary N) is 2. The van der Waals surface area contributed by atoms with Crippen molar-refractivity contribution in [3.05, 3.63) is 30.1 Å². The van der Waals surface area contributed by atoms with Gasteiger partial charge in [0.05, 0.1) is 18.9 Å². The highest BCUT2D eigenvalue weighted by Crippen LogP contribution is 2.15. The molecule has 1 atom stereocenters. The lowest BCUT2D eigenvalue weighted by Crippen LogP contribution is -2.48. The van der Waals surface area contributed by atoms with E-state index in [1.54, 1.807) is 4.68 Å². The highest BCUT2D eigenvalue weighted by molar-refractivity contribution is 5.95. The van der Waals surface area contributed by atoms with E-state index in [1.807, 2.05) is 31.2 Å². The molecule has 2 aromatic rings. The molecular formula is C13H17ClN6O2. The van der Waals surface area contributed by atoms with Crippen LogP contribution in [-0.2, 0) is 9.53 Å². The van der Waals surface area contributed by atoms with E-state index in [-0.39, 0.29) is 24.4 Å². The first-order chi connectivity index (χ1) is 10.2.